The van der Waals surface area contributed by atoms with Crippen molar-refractivity contribution >= 4 is 11.9 Å². The zero-order chi connectivity index (χ0) is 26.6. The lowest BCUT2D eigenvalue weighted by Crippen LogP contribution is -2.74. The number of epoxide rings is 1. The molecule has 2 aliphatic heterocycles. The highest BCUT2D eigenvalue weighted by molar-refractivity contribution is 5.82. The summed E-state index contributed by atoms with van der Waals surface area (Å²) < 4.78 is 19.6. The molecule has 1 spiro atoms. The van der Waals surface area contributed by atoms with Crippen molar-refractivity contribution in [2.45, 2.75) is 137 Å². The molecule has 7 fully saturated rings. The highest BCUT2D eigenvalue weighted by atomic mass is 16.6. The second kappa shape index (κ2) is 6.78. The van der Waals surface area contributed by atoms with Gasteiger partial charge in [0.05, 0.1) is 11.5 Å². The van der Waals surface area contributed by atoms with E-state index in [4.69, 9.17) is 14.2 Å². The van der Waals surface area contributed by atoms with Gasteiger partial charge in [-0.2, -0.15) is 0 Å². The van der Waals surface area contributed by atoms with Crippen molar-refractivity contribution in [3.63, 3.8) is 0 Å². The van der Waals surface area contributed by atoms with Crippen LogP contribution in [0.5, 0.6) is 0 Å². The average molecular weight is 513 g/mol. The molecule has 2 saturated heterocycles. The number of fused-ring (bicyclic) bond motifs is 6. The molecule has 0 aromatic heterocycles. The summed E-state index contributed by atoms with van der Waals surface area (Å²) in [5.74, 6) is 1.10. The molecule has 0 aromatic carbocycles. The van der Waals surface area contributed by atoms with Crippen LogP contribution in [0.4, 0.5) is 0 Å². The van der Waals surface area contributed by atoms with Gasteiger partial charge in [0.1, 0.15) is 12.2 Å². The zero-order valence-corrected chi connectivity index (χ0v) is 24.4. The van der Waals surface area contributed by atoms with E-state index < -0.39 is 5.60 Å². The van der Waals surface area contributed by atoms with Crippen LogP contribution in [0.25, 0.3) is 0 Å². The zero-order valence-electron chi connectivity index (χ0n) is 24.4. The van der Waals surface area contributed by atoms with Crippen LogP contribution >= 0.6 is 0 Å². The summed E-state index contributed by atoms with van der Waals surface area (Å²) in [4.78, 5) is 25.8. The molecule has 0 amide bonds. The average Bonchev–Trinajstić information content (AvgIpc) is 3.54. The minimum absolute atomic E-state index is 0.0237. The molecule has 2 heterocycles. The van der Waals surface area contributed by atoms with E-state index in [1.807, 2.05) is 0 Å². The highest BCUT2D eigenvalue weighted by Gasteiger charge is 2.89. The third kappa shape index (κ3) is 2.58. The van der Waals surface area contributed by atoms with Crippen molar-refractivity contribution in [1.82, 2.24) is 0 Å². The van der Waals surface area contributed by atoms with Crippen LogP contribution in [0, 0.1) is 50.2 Å². The Bertz CT molecular complexity index is 1080. The van der Waals surface area contributed by atoms with E-state index in [-0.39, 0.29) is 68.7 Å². The predicted octanol–water partition coefficient (Wildman–Crippen LogP) is 6.47. The Morgan fingerprint density at radius 2 is 1.59 bits per heavy atom. The van der Waals surface area contributed by atoms with E-state index in [1.54, 1.807) is 6.92 Å². The van der Waals surface area contributed by atoms with Gasteiger partial charge in [-0.25, -0.2) is 0 Å². The summed E-state index contributed by atoms with van der Waals surface area (Å²) in [6.45, 7) is 18.6. The van der Waals surface area contributed by atoms with Crippen LogP contribution in [0.2, 0.25) is 0 Å². The topological polar surface area (TPSA) is 65.1 Å². The lowest BCUT2D eigenvalue weighted by atomic mass is 9.31. The normalized spacial score (nSPS) is 58.0. The van der Waals surface area contributed by atoms with Gasteiger partial charge >= 0.3 is 11.9 Å². The number of esters is 2. The van der Waals surface area contributed by atoms with Crippen molar-refractivity contribution in [1.29, 1.82) is 0 Å². The van der Waals surface area contributed by atoms with Gasteiger partial charge in [-0.3, -0.25) is 9.59 Å². The molecule has 3 unspecified atom stereocenters. The Labute approximate surface area is 223 Å². The summed E-state index contributed by atoms with van der Waals surface area (Å²) in [5.41, 5.74) is -0.559. The van der Waals surface area contributed by atoms with Gasteiger partial charge in [0.25, 0.3) is 0 Å². The first kappa shape index (κ1) is 24.9. The van der Waals surface area contributed by atoms with Gasteiger partial charge in [-0.1, -0.05) is 48.5 Å². The van der Waals surface area contributed by atoms with Gasteiger partial charge in [0.2, 0.25) is 0 Å². The van der Waals surface area contributed by atoms with Gasteiger partial charge in [0.15, 0.2) is 5.60 Å². The first-order valence-corrected chi connectivity index (χ1v) is 15.2. The van der Waals surface area contributed by atoms with Crippen molar-refractivity contribution < 1.29 is 23.8 Å². The Balaban J connectivity index is 1.33. The van der Waals surface area contributed by atoms with Gasteiger partial charge < -0.3 is 14.2 Å². The Hall–Kier alpha value is -1.10. The summed E-state index contributed by atoms with van der Waals surface area (Å²) in [5, 5.41) is 0. The minimum atomic E-state index is -0.483. The van der Waals surface area contributed by atoms with Crippen LogP contribution in [0.1, 0.15) is 113 Å². The molecule has 0 N–H and O–H groups in total. The molecule has 5 saturated carbocycles. The molecule has 5 nitrogen and oxygen atoms in total. The molecule has 7 aliphatic rings. The largest absolute Gasteiger partial charge is 0.462 e. The SMILES string of the molecule is CC(=O)OC1CC[C@@]2(C)[C@H](CC[C@]3(C)[C@H]2C2OC2[C@]24OC(=O)[C@@]5(CCC(C)(C)C[C@@H]52)CC[C@@]34C)C1(C)C. The van der Waals surface area contributed by atoms with Crippen molar-refractivity contribution in [2.24, 2.45) is 50.2 Å². The smallest absolute Gasteiger partial charge is 0.313 e. The van der Waals surface area contributed by atoms with Crippen molar-refractivity contribution in [2.75, 3.05) is 0 Å². The maximum atomic E-state index is 13.8. The molecule has 2 bridgehead atoms. The van der Waals surface area contributed by atoms with E-state index in [1.165, 1.54) is 0 Å². The molecule has 11 atom stereocenters. The van der Waals surface area contributed by atoms with Crippen molar-refractivity contribution in [3.05, 3.63) is 0 Å². The molecular weight excluding hydrogens is 464 g/mol. The molecule has 37 heavy (non-hydrogen) atoms. The summed E-state index contributed by atoms with van der Waals surface area (Å²) >= 11 is 0. The Morgan fingerprint density at radius 1 is 0.892 bits per heavy atom. The third-order valence-electron chi connectivity index (χ3n) is 14.5. The molecule has 0 aromatic rings. The lowest BCUT2D eigenvalue weighted by Gasteiger charge is -2.72. The first-order chi connectivity index (χ1) is 17.1. The van der Waals surface area contributed by atoms with E-state index >= 15 is 0 Å². The number of hydrogen-bond donors (Lipinski definition) is 0. The van der Waals surface area contributed by atoms with E-state index in [0.29, 0.717) is 11.8 Å². The van der Waals surface area contributed by atoms with E-state index in [9.17, 15) is 9.59 Å². The predicted molar refractivity (Wildman–Crippen MR) is 139 cm³/mol. The first-order valence-electron chi connectivity index (χ1n) is 15.2. The second-order valence-electron chi connectivity index (χ2n) is 16.6. The molecule has 7 rings (SSSR count). The van der Waals surface area contributed by atoms with E-state index in [2.05, 4.69) is 48.5 Å². The lowest BCUT2D eigenvalue weighted by molar-refractivity contribution is -0.274. The molecule has 5 aliphatic carbocycles. The molecular formula is C32H48O5. The third-order valence-corrected chi connectivity index (χ3v) is 14.5. The Morgan fingerprint density at radius 3 is 2.30 bits per heavy atom. The number of carbonyl (C=O) groups is 2. The van der Waals surface area contributed by atoms with Crippen molar-refractivity contribution in [3.8, 4) is 0 Å². The number of ether oxygens (including phenoxy) is 3. The minimum Gasteiger partial charge on any atom is -0.462 e. The quantitative estimate of drug-likeness (QED) is 0.298. The maximum Gasteiger partial charge on any atom is 0.313 e. The monoisotopic (exact) mass is 512 g/mol. The van der Waals surface area contributed by atoms with Crippen LogP contribution < -0.4 is 0 Å². The van der Waals surface area contributed by atoms with Gasteiger partial charge in [-0.05, 0) is 85.9 Å². The summed E-state index contributed by atoms with van der Waals surface area (Å²) in [7, 11) is 0. The van der Waals surface area contributed by atoms with E-state index in [0.717, 1.165) is 57.8 Å². The molecule has 5 heteroatoms. The number of carbonyl (C=O) groups excluding carboxylic acids is 2. The standard InChI is InChI=1S/C32H48O5/c1-18(33)35-21-10-11-28(6)19(27(21,4)5)9-12-29(7)23(28)22-24(36-22)32-20-17-26(2,3)13-15-31(20,25(34)37-32)16-14-30(29,32)8/h19-24H,9-17H2,1-8H3/t19-,20+,21?,22?,23+,24?,28+,29-,30+,31+,32-/m1/s1. The van der Waals surface area contributed by atoms with Gasteiger partial charge in [-0.15, -0.1) is 0 Å². The number of rotatable bonds is 1. The fourth-order valence-corrected chi connectivity index (χ4v) is 12.5. The number of hydrogen-bond acceptors (Lipinski definition) is 5. The maximum absolute atomic E-state index is 13.8. The second-order valence-corrected chi connectivity index (χ2v) is 16.6. The summed E-state index contributed by atoms with van der Waals surface area (Å²) in [6, 6.07) is 0. The van der Waals surface area contributed by atoms with Crippen LogP contribution in [-0.2, 0) is 23.8 Å². The highest BCUT2D eigenvalue weighted by Crippen LogP contribution is 2.83. The van der Waals surface area contributed by atoms with Crippen LogP contribution in [0.15, 0.2) is 0 Å². The molecule has 206 valence electrons. The summed E-state index contributed by atoms with van der Waals surface area (Å²) in [6.07, 6.45) is 9.61. The fraction of sp³-hybridized carbons (Fsp3) is 0.938. The van der Waals surface area contributed by atoms with Crippen LogP contribution in [-0.4, -0.2) is 35.9 Å². The van der Waals surface area contributed by atoms with Gasteiger partial charge in [0, 0.05) is 23.7 Å². The Kier molecular flexibility index (Phi) is 4.57. The van der Waals surface area contributed by atoms with Crippen LogP contribution in [0.3, 0.4) is 0 Å². The molecule has 0 radical (unpaired) electrons. The fourth-order valence-electron chi connectivity index (χ4n) is 12.5.